The van der Waals surface area contributed by atoms with Crippen molar-refractivity contribution in [3.8, 4) is 5.75 Å². The van der Waals surface area contributed by atoms with Crippen LogP contribution in [0.4, 0.5) is 29.3 Å². The number of urea groups is 1. The minimum atomic E-state index is -4.89. The van der Waals surface area contributed by atoms with Gasteiger partial charge in [0.1, 0.15) is 5.75 Å². The van der Waals surface area contributed by atoms with Crippen LogP contribution in [-0.2, 0) is 14.8 Å². The molecule has 0 saturated heterocycles. The molecule has 0 aliphatic rings. The fourth-order valence-electron chi connectivity index (χ4n) is 2.24. The first-order valence-corrected chi connectivity index (χ1v) is 9.75. The molecule has 30 heavy (non-hydrogen) atoms. The summed E-state index contributed by atoms with van der Waals surface area (Å²) in [5, 5.41) is 4.86. The summed E-state index contributed by atoms with van der Waals surface area (Å²) in [7, 11) is -4.04. The number of hydrogen-bond acceptors (Lipinski definition) is 5. The highest BCUT2D eigenvalue weighted by Gasteiger charge is 2.31. The zero-order chi connectivity index (χ0) is 22.4. The Bertz CT molecular complexity index is 1010. The molecule has 162 valence electrons. The van der Waals surface area contributed by atoms with Crippen LogP contribution in [0.5, 0.6) is 5.75 Å². The van der Waals surface area contributed by atoms with E-state index in [4.69, 9.17) is 5.73 Å². The molecule has 0 heterocycles. The summed E-state index contributed by atoms with van der Waals surface area (Å²) in [6.45, 7) is -0.256. The SMILES string of the molecule is NC(=O)Nc1cccc(NC(=O)CCNS(=O)(=O)c2ccc(OC(F)(F)F)cc2)c1. The monoisotopic (exact) mass is 446 g/mol. The van der Waals surface area contributed by atoms with Gasteiger partial charge in [-0.2, -0.15) is 0 Å². The molecule has 0 bridgehead atoms. The van der Waals surface area contributed by atoms with Gasteiger partial charge < -0.3 is 21.1 Å². The van der Waals surface area contributed by atoms with Crippen molar-refractivity contribution in [2.24, 2.45) is 5.73 Å². The fraction of sp³-hybridized carbons (Fsp3) is 0.176. The Labute approximate surface area is 169 Å². The van der Waals surface area contributed by atoms with Crippen LogP contribution in [0.1, 0.15) is 6.42 Å². The van der Waals surface area contributed by atoms with E-state index in [9.17, 15) is 31.2 Å². The zero-order valence-electron chi connectivity index (χ0n) is 15.2. The van der Waals surface area contributed by atoms with Gasteiger partial charge in [0.2, 0.25) is 15.9 Å². The fourth-order valence-corrected chi connectivity index (χ4v) is 3.28. The molecule has 0 fully saturated rings. The smallest absolute Gasteiger partial charge is 0.406 e. The predicted octanol–water partition coefficient (Wildman–Crippen LogP) is 2.38. The van der Waals surface area contributed by atoms with Crippen LogP contribution in [0.3, 0.4) is 0 Å². The van der Waals surface area contributed by atoms with Crippen LogP contribution < -0.4 is 25.8 Å². The Hall–Kier alpha value is -3.32. The maximum atomic E-state index is 12.2. The summed E-state index contributed by atoms with van der Waals surface area (Å²) in [6.07, 6.45) is -5.11. The number of sulfonamides is 1. The molecule has 2 aromatic carbocycles. The van der Waals surface area contributed by atoms with Crippen LogP contribution in [-0.4, -0.2) is 33.3 Å². The minimum absolute atomic E-state index is 0.220. The van der Waals surface area contributed by atoms with Crippen LogP contribution in [0.15, 0.2) is 53.4 Å². The van der Waals surface area contributed by atoms with E-state index in [-0.39, 0.29) is 17.9 Å². The second-order valence-corrected chi connectivity index (χ2v) is 7.55. The highest BCUT2D eigenvalue weighted by molar-refractivity contribution is 7.89. The van der Waals surface area contributed by atoms with E-state index in [0.29, 0.717) is 11.4 Å². The molecule has 3 amide bonds. The third-order valence-electron chi connectivity index (χ3n) is 3.43. The number of alkyl halides is 3. The van der Waals surface area contributed by atoms with E-state index in [1.54, 1.807) is 18.2 Å². The number of carbonyl (C=O) groups excluding carboxylic acids is 2. The van der Waals surface area contributed by atoms with Crippen LogP contribution in [0.25, 0.3) is 0 Å². The van der Waals surface area contributed by atoms with E-state index in [0.717, 1.165) is 24.3 Å². The average Bonchev–Trinajstić information content (AvgIpc) is 2.60. The molecule has 9 nitrogen and oxygen atoms in total. The van der Waals surface area contributed by atoms with Gasteiger partial charge in [-0.1, -0.05) is 6.07 Å². The number of nitrogens with two attached hydrogens (primary N) is 1. The Morgan fingerprint density at radius 2 is 1.60 bits per heavy atom. The molecule has 2 aromatic rings. The van der Waals surface area contributed by atoms with Crippen LogP contribution >= 0.6 is 0 Å². The van der Waals surface area contributed by atoms with Gasteiger partial charge in [-0.25, -0.2) is 17.9 Å². The molecular weight excluding hydrogens is 429 g/mol. The Morgan fingerprint density at radius 1 is 1.00 bits per heavy atom. The zero-order valence-corrected chi connectivity index (χ0v) is 16.0. The van der Waals surface area contributed by atoms with Crippen molar-refractivity contribution < 1.29 is 35.9 Å². The minimum Gasteiger partial charge on any atom is -0.406 e. The van der Waals surface area contributed by atoms with Crippen molar-refractivity contribution >= 4 is 33.3 Å². The Morgan fingerprint density at radius 3 is 2.17 bits per heavy atom. The van der Waals surface area contributed by atoms with Crippen molar-refractivity contribution in [3.05, 3.63) is 48.5 Å². The summed E-state index contributed by atoms with van der Waals surface area (Å²) in [5.41, 5.74) is 5.72. The molecule has 0 radical (unpaired) electrons. The topological polar surface area (TPSA) is 140 Å². The van der Waals surface area contributed by atoms with Crippen molar-refractivity contribution in [1.82, 2.24) is 4.72 Å². The predicted molar refractivity (Wildman–Crippen MR) is 101 cm³/mol. The molecule has 0 aliphatic carbocycles. The first-order chi connectivity index (χ1) is 13.9. The van der Waals surface area contributed by atoms with Gasteiger partial charge in [-0.05, 0) is 42.5 Å². The second-order valence-electron chi connectivity index (χ2n) is 5.79. The van der Waals surface area contributed by atoms with Gasteiger partial charge >= 0.3 is 12.4 Å². The van der Waals surface area contributed by atoms with Crippen molar-refractivity contribution in [1.29, 1.82) is 0 Å². The molecule has 2 rings (SSSR count). The summed E-state index contributed by atoms with van der Waals surface area (Å²) in [4.78, 5) is 22.5. The number of nitrogens with one attached hydrogen (secondary N) is 3. The lowest BCUT2D eigenvalue weighted by atomic mass is 10.2. The number of carbonyl (C=O) groups is 2. The lowest BCUT2D eigenvalue weighted by molar-refractivity contribution is -0.274. The lowest BCUT2D eigenvalue weighted by Crippen LogP contribution is -2.28. The quantitative estimate of drug-likeness (QED) is 0.493. The Kier molecular flexibility index (Phi) is 7.24. The van der Waals surface area contributed by atoms with E-state index in [1.165, 1.54) is 6.07 Å². The van der Waals surface area contributed by atoms with Crippen LogP contribution in [0.2, 0.25) is 0 Å². The molecule has 0 aliphatic heterocycles. The molecule has 13 heteroatoms. The number of amides is 3. The van der Waals surface area contributed by atoms with Crippen LogP contribution in [0, 0.1) is 0 Å². The van der Waals surface area contributed by atoms with E-state index in [1.807, 2.05) is 0 Å². The molecule has 0 aromatic heterocycles. The first-order valence-electron chi connectivity index (χ1n) is 8.26. The molecule has 0 unspecified atom stereocenters. The van der Waals surface area contributed by atoms with Gasteiger partial charge in [-0.3, -0.25) is 4.79 Å². The number of primary amides is 1. The standard InChI is InChI=1S/C17H17F3N4O5S/c18-17(19,20)29-13-4-6-14(7-5-13)30(27,28)22-9-8-15(25)23-11-2-1-3-12(10-11)24-16(21)26/h1-7,10,22H,8-9H2,(H,23,25)(H3,21,24,26). The van der Waals surface area contributed by atoms with Gasteiger partial charge in [0.15, 0.2) is 0 Å². The summed E-state index contributed by atoms with van der Waals surface area (Å²) >= 11 is 0. The van der Waals surface area contributed by atoms with Gasteiger partial charge in [0, 0.05) is 24.3 Å². The number of halogens is 3. The third-order valence-corrected chi connectivity index (χ3v) is 4.90. The van der Waals surface area contributed by atoms with E-state index in [2.05, 4.69) is 20.1 Å². The summed E-state index contributed by atoms with van der Waals surface area (Å²) in [5.74, 6) is -1.07. The number of anilines is 2. The van der Waals surface area contributed by atoms with E-state index >= 15 is 0 Å². The maximum Gasteiger partial charge on any atom is 0.573 e. The van der Waals surface area contributed by atoms with Gasteiger partial charge in [0.25, 0.3) is 0 Å². The number of rotatable bonds is 8. The van der Waals surface area contributed by atoms with Crippen molar-refractivity contribution in [2.75, 3.05) is 17.2 Å². The van der Waals surface area contributed by atoms with Gasteiger partial charge in [-0.15, -0.1) is 13.2 Å². The van der Waals surface area contributed by atoms with Crippen molar-refractivity contribution in [3.63, 3.8) is 0 Å². The molecule has 0 spiro atoms. The average molecular weight is 446 g/mol. The Balaban J connectivity index is 1.88. The molecule has 5 N–H and O–H groups in total. The summed E-state index contributed by atoms with van der Waals surface area (Å²) < 4.78 is 66.6. The maximum absolute atomic E-state index is 12.2. The number of benzene rings is 2. The second kappa shape index (κ2) is 9.45. The highest BCUT2D eigenvalue weighted by Crippen LogP contribution is 2.23. The molecule has 0 atom stereocenters. The normalized spacial score (nSPS) is 11.6. The molecule has 0 saturated carbocycles. The first kappa shape index (κ1) is 23.0. The van der Waals surface area contributed by atoms with Crippen molar-refractivity contribution in [2.45, 2.75) is 17.7 Å². The summed E-state index contributed by atoms with van der Waals surface area (Å²) in [6, 6.07) is 8.97. The molecular formula is C17H17F3N4O5S. The highest BCUT2D eigenvalue weighted by atomic mass is 32.2. The lowest BCUT2D eigenvalue weighted by Gasteiger charge is -2.10. The van der Waals surface area contributed by atoms with E-state index < -0.39 is 34.1 Å². The number of ether oxygens (including phenoxy) is 1. The largest absolute Gasteiger partial charge is 0.573 e. The van der Waals surface area contributed by atoms with Gasteiger partial charge in [0.05, 0.1) is 4.90 Å². The number of hydrogen-bond donors (Lipinski definition) is 4. The third kappa shape index (κ3) is 7.60.